The fraction of sp³-hybridized carbons (Fsp3) is 0.591. The molecule has 1 fully saturated rings. The molecule has 1 saturated heterocycles. The number of alkyl carbamates (subject to hydrolysis) is 1. The Morgan fingerprint density at radius 1 is 1.14 bits per heavy atom. The fourth-order valence-electron chi connectivity index (χ4n) is 3.26. The first-order valence-electron chi connectivity index (χ1n) is 10.2. The predicted molar refractivity (Wildman–Crippen MR) is 112 cm³/mol. The highest BCUT2D eigenvalue weighted by molar-refractivity contribution is 5.94. The molecule has 29 heavy (non-hydrogen) atoms. The molecular weight excluding hydrogens is 370 g/mol. The van der Waals surface area contributed by atoms with Crippen LogP contribution in [-0.4, -0.2) is 54.6 Å². The summed E-state index contributed by atoms with van der Waals surface area (Å²) in [5.41, 5.74) is 1.19. The van der Waals surface area contributed by atoms with Crippen LogP contribution in [0.15, 0.2) is 24.3 Å². The van der Waals surface area contributed by atoms with E-state index in [-0.39, 0.29) is 24.8 Å². The maximum atomic E-state index is 12.3. The zero-order valence-electron chi connectivity index (χ0n) is 17.9. The fourth-order valence-corrected chi connectivity index (χ4v) is 3.26. The van der Waals surface area contributed by atoms with Crippen LogP contribution in [0.5, 0.6) is 0 Å². The van der Waals surface area contributed by atoms with Crippen molar-refractivity contribution in [3.8, 4) is 0 Å². The molecule has 2 N–H and O–H groups in total. The van der Waals surface area contributed by atoms with Crippen LogP contribution < -0.4 is 10.6 Å². The molecule has 1 aliphatic rings. The van der Waals surface area contributed by atoms with Crippen LogP contribution in [0.25, 0.3) is 0 Å². The summed E-state index contributed by atoms with van der Waals surface area (Å²) >= 11 is 0. The predicted octanol–water partition coefficient (Wildman–Crippen LogP) is 2.88. The van der Waals surface area contributed by atoms with Crippen molar-refractivity contribution in [1.82, 2.24) is 15.5 Å². The van der Waals surface area contributed by atoms with Crippen LogP contribution >= 0.6 is 0 Å². The normalized spacial score (nSPS) is 15.0. The summed E-state index contributed by atoms with van der Waals surface area (Å²) in [7, 11) is 0. The number of hydrogen-bond donors (Lipinski definition) is 2. The molecule has 0 saturated carbocycles. The van der Waals surface area contributed by atoms with E-state index >= 15 is 0 Å². The molecule has 160 valence electrons. The largest absolute Gasteiger partial charge is 0.444 e. The van der Waals surface area contributed by atoms with Gasteiger partial charge in [-0.15, -0.1) is 0 Å². The lowest BCUT2D eigenvalue weighted by Gasteiger charge is -2.32. The molecule has 0 atom stereocenters. The standard InChI is InChI=1S/C22H33N3O4/c1-16-6-5-7-18(14-16)20(27)24-15-17-9-12-25(13-10-17)19(26)8-11-23-21(28)29-22(2,3)4/h5-7,14,17H,8-13,15H2,1-4H3,(H,23,28)(H,24,27). The van der Waals surface area contributed by atoms with Crippen molar-refractivity contribution in [1.29, 1.82) is 0 Å². The molecule has 2 rings (SSSR count). The van der Waals surface area contributed by atoms with Gasteiger partial charge in [0.2, 0.25) is 5.91 Å². The van der Waals surface area contributed by atoms with E-state index < -0.39 is 11.7 Å². The Bertz CT molecular complexity index is 719. The number of carbonyl (C=O) groups is 3. The number of hydrogen-bond acceptors (Lipinski definition) is 4. The van der Waals surface area contributed by atoms with Gasteiger partial charge >= 0.3 is 6.09 Å². The van der Waals surface area contributed by atoms with E-state index in [4.69, 9.17) is 4.74 Å². The van der Waals surface area contributed by atoms with Crippen molar-refractivity contribution < 1.29 is 19.1 Å². The van der Waals surface area contributed by atoms with E-state index in [1.165, 1.54) is 0 Å². The Kier molecular flexibility index (Phi) is 8.05. The Morgan fingerprint density at radius 3 is 2.45 bits per heavy atom. The highest BCUT2D eigenvalue weighted by Gasteiger charge is 2.23. The van der Waals surface area contributed by atoms with Crippen molar-refractivity contribution in [2.45, 2.75) is 52.6 Å². The molecular formula is C22H33N3O4. The van der Waals surface area contributed by atoms with Crippen LogP contribution in [0.3, 0.4) is 0 Å². The first-order valence-corrected chi connectivity index (χ1v) is 10.2. The van der Waals surface area contributed by atoms with E-state index in [0.717, 1.165) is 18.4 Å². The zero-order chi connectivity index (χ0) is 21.4. The molecule has 1 aromatic carbocycles. The summed E-state index contributed by atoms with van der Waals surface area (Å²) in [6.45, 7) is 9.59. The molecule has 0 spiro atoms. The van der Waals surface area contributed by atoms with Crippen molar-refractivity contribution in [2.75, 3.05) is 26.2 Å². The lowest BCUT2D eigenvalue weighted by molar-refractivity contribution is -0.132. The molecule has 1 heterocycles. The number of amides is 3. The van der Waals surface area contributed by atoms with Crippen LogP contribution in [0.4, 0.5) is 4.79 Å². The van der Waals surface area contributed by atoms with Gasteiger partial charge in [0.25, 0.3) is 5.91 Å². The number of rotatable bonds is 6. The SMILES string of the molecule is Cc1cccc(C(=O)NCC2CCN(C(=O)CCNC(=O)OC(C)(C)C)CC2)c1. The van der Waals surface area contributed by atoms with E-state index in [0.29, 0.717) is 31.1 Å². The third kappa shape index (κ3) is 8.13. The van der Waals surface area contributed by atoms with Crippen molar-refractivity contribution in [3.63, 3.8) is 0 Å². The molecule has 7 heteroatoms. The minimum atomic E-state index is -0.551. The summed E-state index contributed by atoms with van der Waals surface area (Å²) in [5.74, 6) is 0.344. The lowest BCUT2D eigenvalue weighted by Crippen LogP contribution is -2.42. The number of piperidine rings is 1. The van der Waals surface area contributed by atoms with E-state index in [2.05, 4.69) is 10.6 Å². The summed E-state index contributed by atoms with van der Waals surface area (Å²) in [5, 5.41) is 5.62. The van der Waals surface area contributed by atoms with Crippen LogP contribution in [-0.2, 0) is 9.53 Å². The number of aryl methyl sites for hydroxylation is 1. The minimum Gasteiger partial charge on any atom is -0.444 e. The van der Waals surface area contributed by atoms with Gasteiger partial charge in [-0.05, 0) is 58.6 Å². The Balaban J connectivity index is 1.64. The molecule has 0 bridgehead atoms. The highest BCUT2D eigenvalue weighted by Crippen LogP contribution is 2.17. The maximum absolute atomic E-state index is 12.3. The molecule has 0 radical (unpaired) electrons. The molecule has 0 unspecified atom stereocenters. The minimum absolute atomic E-state index is 0.0308. The number of benzene rings is 1. The van der Waals surface area contributed by atoms with E-state index in [1.54, 1.807) is 20.8 Å². The second-order valence-corrected chi connectivity index (χ2v) is 8.58. The number of ether oxygens (including phenoxy) is 1. The van der Waals surface area contributed by atoms with E-state index in [1.807, 2.05) is 36.1 Å². The van der Waals surface area contributed by atoms with Gasteiger partial charge in [-0.3, -0.25) is 9.59 Å². The first kappa shape index (κ1) is 22.7. The van der Waals surface area contributed by atoms with Gasteiger partial charge < -0.3 is 20.3 Å². The molecule has 1 aromatic rings. The second kappa shape index (κ2) is 10.3. The molecule has 0 aromatic heterocycles. The van der Waals surface area contributed by atoms with E-state index in [9.17, 15) is 14.4 Å². The summed E-state index contributed by atoms with van der Waals surface area (Å²) in [6.07, 6.45) is 1.47. The van der Waals surface area contributed by atoms with Gasteiger partial charge in [0.05, 0.1) is 0 Å². The summed E-state index contributed by atoms with van der Waals surface area (Å²) in [4.78, 5) is 38.0. The van der Waals surface area contributed by atoms with Gasteiger partial charge in [-0.2, -0.15) is 0 Å². The van der Waals surface area contributed by atoms with Gasteiger partial charge in [0.15, 0.2) is 0 Å². The number of nitrogens with one attached hydrogen (secondary N) is 2. The monoisotopic (exact) mass is 403 g/mol. The van der Waals surface area contributed by atoms with Crippen LogP contribution in [0.2, 0.25) is 0 Å². The molecule has 3 amide bonds. The molecule has 0 aliphatic carbocycles. The third-order valence-electron chi connectivity index (χ3n) is 4.81. The Hall–Kier alpha value is -2.57. The molecule has 1 aliphatic heterocycles. The molecule has 7 nitrogen and oxygen atoms in total. The lowest BCUT2D eigenvalue weighted by atomic mass is 9.96. The van der Waals surface area contributed by atoms with Gasteiger partial charge in [0, 0.05) is 38.2 Å². The average Bonchev–Trinajstić information content (AvgIpc) is 2.65. The zero-order valence-corrected chi connectivity index (χ0v) is 17.9. The highest BCUT2D eigenvalue weighted by atomic mass is 16.6. The number of carbonyl (C=O) groups excluding carboxylic acids is 3. The summed E-state index contributed by atoms with van der Waals surface area (Å²) < 4.78 is 5.15. The van der Waals surface area contributed by atoms with Gasteiger partial charge in [0.1, 0.15) is 5.60 Å². The second-order valence-electron chi connectivity index (χ2n) is 8.58. The van der Waals surface area contributed by atoms with Crippen molar-refractivity contribution in [2.24, 2.45) is 5.92 Å². The Morgan fingerprint density at radius 2 is 1.83 bits per heavy atom. The smallest absolute Gasteiger partial charge is 0.407 e. The third-order valence-corrected chi connectivity index (χ3v) is 4.81. The number of nitrogens with zero attached hydrogens (tertiary/aromatic N) is 1. The number of likely N-dealkylation sites (tertiary alicyclic amines) is 1. The topological polar surface area (TPSA) is 87.7 Å². The average molecular weight is 404 g/mol. The van der Waals surface area contributed by atoms with Crippen LogP contribution in [0, 0.1) is 12.8 Å². The maximum Gasteiger partial charge on any atom is 0.407 e. The van der Waals surface area contributed by atoms with Crippen molar-refractivity contribution >= 4 is 17.9 Å². The van der Waals surface area contributed by atoms with Crippen LogP contribution in [0.1, 0.15) is 56.0 Å². The van der Waals surface area contributed by atoms with Gasteiger partial charge in [-0.25, -0.2) is 4.79 Å². The van der Waals surface area contributed by atoms with Gasteiger partial charge in [-0.1, -0.05) is 17.7 Å². The quantitative estimate of drug-likeness (QED) is 0.765. The summed E-state index contributed by atoms with van der Waals surface area (Å²) in [6, 6.07) is 7.54. The Labute approximate surface area is 173 Å². The first-order chi connectivity index (χ1) is 13.6. The van der Waals surface area contributed by atoms with Crippen molar-refractivity contribution in [3.05, 3.63) is 35.4 Å².